The Morgan fingerprint density at radius 2 is 2.31 bits per heavy atom. The molecular formula is C11H20N4O. The van der Waals surface area contributed by atoms with Crippen LogP contribution in [0.5, 0.6) is 0 Å². The van der Waals surface area contributed by atoms with Crippen molar-refractivity contribution in [3.05, 3.63) is 18.0 Å². The van der Waals surface area contributed by atoms with E-state index in [0.717, 1.165) is 25.3 Å². The smallest absolute Gasteiger partial charge is 0.222 e. The zero-order valence-corrected chi connectivity index (χ0v) is 9.94. The number of rotatable bonds is 7. The van der Waals surface area contributed by atoms with E-state index >= 15 is 0 Å². The van der Waals surface area contributed by atoms with Gasteiger partial charge in [0.15, 0.2) is 0 Å². The van der Waals surface area contributed by atoms with Crippen LogP contribution in [0, 0.1) is 0 Å². The number of nitrogens with two attached hydrogens (primary N) is 1. The molecule has 0 amide bonds. The molecule has 1 aromatic heterocycles. The van der Waals surface area contributed by atoms with E-state index in [2.05, 4.69) is 15.3 Å². The summed E-state index contributed by atoms with van der Waals surface area (Å²) < 4.78 is 5.42. The summed E-state index contributed by atoms with van der Waals surface area (Å²) in [6.45, 7) is 6.05. The van der Waals surface area contributed by atoms with E-state index in [0.29, 0.717) is 12.5 Å². The molecule has 0 saturated heterocycles. The Morgan fingerprint density at radius 1 is 1.50 bits per heavy atom. The Labute approximate surface area is 96.4 Å². The molecule has 0 radical (unpaired) electrons. The fourth-order valence-corrected chi connectivity index (χ4v) is 1.19. The molecule has 3 N–H and O–H groups in total. The molecule has 1 heterocycles. The van der Waals surface area contributed by atoms with Gasteiger partial charge in [-0.05, 0) is 26.3 Å². The lowest BCUT2D eigenvalue weighted by molar-refractivity contribution is 0.0787. The minimum atomic E-state index is 0.289. The summed E-state index contributed by atoms with van der Waals surface area (Å²) in [6, 6.07) is 1.81. The first-order valence-corrected chi connectivity index (χ1v) is 5.60. The van der Waals surface area contributed by atoms with Gasteiger partial charge in [0, 0.05) is 25.9 Å². The van der Waals surface area contributed by atoms with Gasteiger partial charge in [0.05, 0.1) is 11.8 Å². The van der Waals surface area contributed by atoms with Gasteiger partial charge in [-0.2, -0.15) is 0 Å². The first kappa shape index (κ1) is 12.9. The van der Waals surface area contributed by atoms with Crippen molar-refractivity contribution in [1.29, 1.82) is 0 Å². The van der Waals surface area contributed by atoms with Gasteiger partial charge in [-0.3, -0.25) is 0 Å². The second kappa shape index (κ2) is 7.14. The molecule has 0 unspecified atom stereocenters. The molecule has 0 aliphatic rings. The average Bonchev–Trinajstić information content (AvgIpc) is 2.28. The van der Waals surface area contributed by atoms with Crippen LogP contribution in [0.2, 0.25) is 0 Å². The second-order valence-electron chi connectivity index (χ2n) is 3.78. The van der Waals surface area contributed by atoms with Crippen LogP contribution in [0.4, 0.5) is 5.95 Å². The summed E-state index contributed by atoms with van der Waals surface area (Å²) >= 11 is 0. The van der Waals surface area contributed by atoms with Crippen molar-refractivity contribution in [2.75, 3.05) is 18.5 Å². The fourth-order valence-electron chi connectivity index (χ4n) is 1.19. The lowest BCUT2D eigenvalue weighted by Gasteiger charge is -2.08. The van der Waals surface area contributed by atoms with Crippen molar-refractivity contribution in [3.8, 4) is 0 Å². The maximum absolute atomic E-state index is 5.49. The van der Waals surface area contributed by atoms with Crippen LogP contribution in [0.3, 0.4) is 0 Å². The molecule has 0 fully saturated rings. The summed E-state index contributed by atoms with van der Waals surface area (Å²) in [5, 5.41) is 3.14. The Morgan fingerprint density at radius 3 is 3.00 bits per heavy atom. The topological polar surface area (TPSA) is 73.1 Å². The fraction of sp³-hybridized carbons (Fsp3) is 0.636. The summed E-state index contributed by atoms with van der Waals surface area (Å²) in [4.78, 5) is 8.34. The van der Waals surface area contributed by atoms with Gasteiger partial charge in [-0.1, -0.05) is 0 Å². The molecule has 0 aliphatic heterocycles. The third-order valence-electron chi connectivity index (χ3n) is 1.98. The van der Waals surface area contributed by atoms with E-state index in [1.165, 1.54) is 0 Å². The lowest BCUT2D eigenvalue weighted by Crippen LogP contribution is -2.11. The predicted octanol–water partition coefficient (Wildman–Crippen LogP) is 1.16. The van der Waals surface area contributed by atoms with Crippen molar-refractivity contribution in [2.24, 2.45) is 5.73 Å². The van der Waals surface area contributed by atoms with Crippen LogP contribution in [-0.2, 0) is 11.3 Å². The highest BCUT2D eigenvalue weighted by Gasteiger charge is 1.97. The second-order valence-corrected chi connectivity index (χ2v) is 3.78. The largest absolute Gasteiger partial charge is 0.379 e. The first-order chi connectivity index (χ1) is 7.72. The predicted molar refractivity (Wildman–Crippen MR) is 64.1 cm³/mol. The minimum Gasteiger partial charge on any atom is -0.379 e. The van der Waals surface area contributed by atoms with E-state index in [9.17, 15) is 0 Å². The number of nitrogens with zero attached hydrogens (tertiary/aromatic N) is 2. The van der Waals surface area contributed by atoms with Crippen molar-refractivity contribution < 1.29 is 4.74 Å². The van der Waals surface area contributed by atoms with Crippen LogP contribution >= 0.6 is 0 Å². The molecule has 0 aromatic carbocycles. The highest BCUT2D eigenvalue weighted by atomic mass is 16.5. The lowest BCUT2D eigenvalue weighted by atomic mass is 10.4. The third-order valence-corrected chi connectivity index (χ3v) is 1.98. The molecule has 1 aromatic rings. The van der Waals surface area contributed by atoms with Gasteiger partial charge >= 0.3 is 0 Å². The quantitative estimate of drug-likeness (QED) is 0.680. The Kier molecular flexibility index (Phi) is 5.74. The summed E-state index contributed by atoms with van der Waals surface area (Å²) in [6.07, 6.45) is 2.94. The monoisotopic (exact) mass is 224 g/mol. The summed E-state index contributed by atoms with van der Waals surface area (Å²) in [5.74, 6) is 0.632. The molecular weight excluding hydrogens is 204 g/mol. The average molecular weight is 224 g/mol. The molecule has 5 heteroatoms. The maximum Gasteiger partial charge on any atom is 0.222 e. The van der Waals surface area contributed by atoms with Crippen molar-refractivity contribution >= 4 is 5.95 Å². The summed E-state index contributed by atoms with van der Waals surface area (Å²) in [7, 11) is 0. The molecule has 5 nitrogen and oxygen atoms in total. The number of hydrogen-bond acceptors (Lipinski definition) is 5. The molecule has 0 spiro atoms. The molecule has 90 valence electrons. The SMILES string of the molecule is CC(C)OCCCNc1nccc(CN)n1. The molecule has 0 bridgehead atoms. The van der Waals surface area contributed by atoms with Crippen LogP contribution < -0.4 is 11.1 Å². The minimum absolute atomic E-state index is 0.289. The number of nitrogens with one attached hydrogen (secondary N) is 1. The molecule has 0 atom stereocenters. The van der Waals surface area contributed by atoms with Gasteiger partial charge in [0.1, 0.15) is 0 Å². The highest BCUT2D eigenvalue weighted by Crippen LogP contribution is 1.99. The number of hydrogen-bond donors (Lipinski definition) is 2. The van der Waals surface area contributed by atoms with Gasteiger partial charge in [-0.15, -0.1) is 0 Å². The first-order valence-electron chi connectivity index (χ1n) is 5.60. The van der Waals surface area contributed by atoms with Gasteiger partial charge in [0.2, 0.25) is 5.95 Å². The highest BCUT2D eigenvalue weighted by molar-refractivity contribution is 5.24. The third kappa shape index (κ3) is 5.04. The zero-order valence-electron chi connectivity index (χ0n) is 9.94. The Balaban J connectivity index is 2.21. The van der Waals surface area contributed by atoms with Gasteiger partial charge in [-0.25, -0.2) is 9.97 Å². The molecule has 16 heavy (non-hydrogen) atoms. The van der Waals surface area contributed by atoms with Crippen molar-refractivity contribution in [1.82, 2.24) is 9.97 Å². The van der Waals surface area contributed by atoms with Gasteiger partial charge < -0.3 is 15.8 Å². The molecule has 1 rings (SSSR count). The van der Waals surface area contributed by atoms with E-state index in [1.807, 2.05) is 19.9 Å². The molecule has 0 saturated carbocycles. The van der Waals surface area contributed by atoms with E-state index in [4.69, 9.17) is 10.5 Å². The van der Waals surface area contributed by atoms with Crippen molar-refractivity contribution in [2.45, 2.75) is 32.9 Å². The number of aromatic nitrogens is 2. The molecule has 0 aliphatic carbocycles. The zero-order chi connectivity index (χ0) is 11.8. The number of ether oxygens (including phenoxy) is 1. The van der Waals surface area contributed by atoms with E-state index in [1.54, 1.807) is 6.20 Å². The van der Waals surface area contributed by atoms with E-state index < -0.39 is 0 Å². The number of anilines is 1. The van der Waals surface area contributed by atoms with Crippen LogP contribution in [0.15, 0.2) is 12.3 Å². The Bertz CT molecular complexity index is 304. The summed E-state index contributed by atoms with van der Waals surface area (Å²) in [5.41, 5.74) is 6.33. The Hall–Kier alpha value is -1.20. The van der Waals surface area contributed by atoms with E-state index in [-0.39, 0.29) is 6.10 Å². The van der Waals surface area contributed by atoms with Crippen molar-refractivity contribution in [3.63, 3.8) is 0 Å². The van der Waals surface area contributed by atoms with Crippen LogP contribution in [-0.4, -0.2) is 29.2 Å². The maximum atomic E-state index is 5.49. The van der Waals surface area contributed by atoms with Crippen LogP contribution in [0.25, 0.3) is 0 Å². The normalized spacial score (nSPS) is 10.8. The van der Waals surface area contributed by atoms with Crippen LogP contribution in [0.1, 0.15) is 26.0 Å². The standard InChI is InChI=1S/C11H20N4O/c1-9(2)16-7-3-5-13-11-14-6-4-10(8-12)15-11/h4,6,9H,3,5,7-8,12H2,1-2H3,(H,13,14,15). The van der Waals surface area contributed by atoms with Gasteiger partial charge in [0.25, 0.3) is 0 Å².